The molecule has 0 radical (unpaired) electrons. The van der Waals surface area contributed by atoms with E-state index in [0.29, 0.717) is 39.8 Å². The van der Waals surface area contributed by atoms with E-state index in [1.54, 1.807) is 24.3 Å². The topological polar surface area (TPSA) is 70.2 Å². The van der Waals surface area contributed by atoms with Crippen LogP contribution in [0.25, 0.3) is 10.9 Å². The Balaban J connectivity index is 1.49. The maximum atomic E-state index is 12.5. The zero-order valence-electron chi connectivity index (χ0n) is 19.6. The van der Waals surface area contributed by atoms with E-state index >= 15 is 0 Å². The van der Waals surface area contributed by atoms with E-state index in [4.69, 9.17) is 11.6 Å². The van der Waals surface area contributed by atoms with Crippen molar-refractivity contribution in [3.8, 4) is 5.88 Å². The van der Waals surface area contributed by atoms with Crippen molar-refractivity contribution in [2.24, 2.45) is 21.1 Å². The molecule has 1 saturated heterocycles. The average molecular weight is 544 g/mol. The summed E-state index contributed by atoms with van der Waals surface area (Å²) >= 11 is 9.43. The van der Waals surface area contributed by atoms with Crippen LogP contribution in [0, 0.1) is 10.8 Å². The highest BCUT2D eigenvalue weighted by Crippen LogP contribution is 2.53. The molecule has 5 rings (SSSR count). The van der Waals surface area contributed by atoms with E-state index < -0.39 is 5.91 Å². The smallest absolute Gasteiger partial charge is 0.295 e. The fraction of sp³-hybridized carbons (Fsp3) is 0.423. The van der Waals surface area contributed by atoms with Crippen LogP contribution in [0.15, 0.2) is 57.2 Å². The van der Waals surface area contributed by atoms with Gasteiger partial charge >= 0.3 is 0 Å². The zero-order chi connectivity index (χ0) is 24.3. The predicted molar refractivity (Wildman–Crippen MR) is 138 cm³/mol. The van der Waals surface area contributed by atoms with Gasteiger partial charge in [0.2, 0.25) is 5.88 Å². The highest BCUT2D eigenvalue weighted by molar-refractivity contribution is 9.10. The molecule has 1 N–H and O–H groups in total. The lowest BCUT2D eigenvalue weighted by atomic mass is 9.65. The number of hydrogen-bond donors (Lipinski definition) is 1. The van der Waals surface area contributed by atoms with Gasteiger partial charge in [0.1, 0.15) is 0 Å². The number of benzene rings is 2. The molecule has 2 heterocycles. The van der Waals surface area contributed by atoms with Gasteiger partial charge < -0.3 is 5.11 Å². The molecule has 2 atom stereocenters. The molecule has 1 aliphatic carbocycles. The lowest BCUT2D eigenvalue weighted by Gasteiger charge is -2.40. The standard InChI is InChI=1S/C26H28BrClN4O2/c1-25(2)11-19-12-26(3,13-25)14-31(19)15-32-21-9-6-17(27)10-20(21)22(24(32)34)29-30-23(33)16-4-7-18(28)8-5-16/h4-10,19,34H,11-15H2,1-3H3/t19-,26+/m1/s1. The number of carbonyl (C=O) groups excluding carboxylic acids is 1. The number of halogens is 2. The molecule has 6 nitrogen and oxygen atoms in total. The minimum atomic E-state index is -0.490. The molecule has 0 spiro atoms. The van der Waals surface area contributed by atoms with Gasteiger partial charge in [0, 0.05) is 33.0 Å². The number of rotatable bonds is 4. The third kappa shape index (κ3) is 4.41. The number of fused-ring (bicyclic) bond motifs is 3. The van der Waals surface area contributed by atoms with Crippen molar-refractivity contribution < 1.29 is 9.90 Å². The van der Waals surface area contributed by atoms with Crippen molar-refractivity contribution >= 4 is 50.0 Å². The number of azo groups is 1. The molecule has 34 heavy (non-hydrogen) atoms. The summed E-state index contributed by atoms with van der Waals surface area (Å²) in [6.07, 6.45) is 3.55. The Kier molecular flexibility index (Phi) is 5.86. The Morgan fingerprint density at radius 2 is 1.91 bits per heavy atom. The lowest BCUT2D eigenvalue weighted by molar-refractivity contribution is 0.0995. The van der Waals surface area contributed by atoms with Crippen LogP contribution >= 0.6 is 27.5 Å². The van der Waals surface area contributed by atoms with Gasteiger partial charge in [0.25, 0.3) is 5.91 Å². The van der Waals surface area contributed by atoms with Gasteiger partial charge in [-0.3, -0.25) is 14.3 Å². The van der Waals surface area contributed by atoms with Crippen LogP contribution in [0.5, 0.6) is 5.88 Å². The quantitative estimate of drug-likeness (QED) is 0.345. The average Bonchev–Trinajstić information content (AvgIpc) is 3.15. The number of aromatic nitrogens is 1. The molecular weight excluding hydrogens is 516 g/mol. The van der Waals surface area contributed by atoms with Gasteiger partial charge in [-0.25, -0.2) is 0 Å². The minimum absolute atomic E-state index is 0.0200. The molecule has 1 amide bonds. The fourth-order valence-corrected chi connectivity index (χ4v) is 6.69. The summed E-state index contributed by atoms with van der Waals surface area (Å²) < 4.78 is 2.75. The largest absolute Gasteiger partial charge is 0.493 e. The zero-order valence-corrected chi connectivity index (χ0v) is 21.9. The van der Waals surface area contributed by atoms with Crippen LogP contribution in [-0.4, -0.2) is 33.1 Å². The van der Waals surface area contributed by atoms with Crippen molar-refractivity contribution in [1.82, 2.24) is 9.47 Å². The summed E-state index contributed by atoms with van der Waals surface area (Å²) in [5, 5.41) is 20.6. The van der Waals surface area contributed by atoms with Gasteiger partial charge in [0.05, 0.1) is 12.2 Å². The van der Waals surface area contributed by atoms with E-state index in [2.05, 4.69) is 51.8 Å². The van der Waals surface area contributed by atoms with E-state index in [1.807, 2.05) is 22.8 Å². The van der Waals surface area contributed by atoms with Crippen molar-refractivity contribution in [2.45, 2.75) is 52.7 Å². The minimum Gasteiger partial charge on any atom is -0.493 e. The number of aromatic hydroxyl groups is 1. The van der Waals surface area contributed by atoms with Gasteiger partial charge in [-0.2, -0.15) is 0 Å². The Bertz CT molecular complexity index is 1300. The number of hydrogen-bond acceptors (Lipinski definition) is 4. The van der Waals surface area contributed by atoms with Crippen molar-refractivity contribution in [3.05, 3.63) is 57.5 Å². The first kappa shape index (κ1) is 23.5. The first-order valence-corrected chi connectivity index (χ1v) is 12.7. The van der Waals surface area contributed by atoms with Crippen LogP contribution in [0.3, 0.4) is 0 Å². The highest BCUT2D eigenvalue weighted by Gasteiger charge is 2.49. The van der Waals surface area contributed by atoms with E-state index in [1.165, 1.54) is 12.8 Å². The second-order valence-electron chi connectivity index (χ2n) is 10.9. The summed E-state index contributed by atoms with van der Waals surface area (Å²) in [7, 11) is 0. The SMILES string of the molecule is CC1(C)C[C@@H]2C[C@](C)(CN2Cn2c(O)c(N=NC(=O)c3ccc(Cl)cc3)c3cc(Br)ccc32)C1. The number of nitrogens with zero attached hydrogens (tertiary/aromatic N) is 4. The Hall–Kier alpha value is -2.22. The lowest BCUT2D eigenvalue weighted by Crippen LogP contribution is -2.35. The van der Waals surface area contributed by atoms with Crippen LogP contribution in [0.4, 0.5) is 5.69 Å². The van der Waals surface area contributed by atoms with Crippen LogP contribution in [0.2, 0.25) is 5.02 Å². The van der Waals surface area contributed by atoms with E-state index in [0.717, 1.165) is 28.3 Å². The first-order valence-electron chi connectivity index (χ1n) is 11.5. The monoisotopic (exact) mass is 542 g/mol. The fourth-order valence-electron chi connectivity index (χ4n) is 6.21. The molecule has 2 aliphatic rings. The Labute approximate surface area is 212 Å². The molecule has 8 heteroatoms. The first-order chi connectivity index (χ1) is 16.0. The summed E-state index contributed by atoms with van der Waals surface area (Å²) in [5.41, 5.74) is 2.16. The van der Waals surface area contributed by atoms with Crippen LogP contribution in [-0.2, 0) is 6.67 Å². The summed E-state index contributed by atoms with van der Waals surface area (Å²) in [6, 6.07) is 12.8. The third-order valence-corrected chi connectivity index (χ3v) is 7.90. The molecule has 2 fully saturated rings. The van der Waals surface area contributed by atoms with Crippen molar-refractivity contribution in [2.75, 3.05) is 6.54 Å². The highest BCUT2D eigenvalue weighted by atomic mass is 79.9. The van der Waals surface area contributed by atoms with Gasteiger partial charge in [-0.05, 0) is 72.6 Å². The molecule has 3 aromatic rings. The molecule has 178 valence electrons. The molecule has 0 unspecified atom stereocenters. The molecule has 2 bridgehead atoms. The molecule has 2 aromatic carbocycles. The van der Waals surface area contributed by atoms with E-state index in [9.17, 15) is 9.90 Å². The maximum Gasteiger partial charge on any atom is 0.295 e. The number of carbonyl (C=O) groups is 1. The summed E-state index contributed by atoms with van der Waals surface area (Å²) in [6.45, 7) is 8.67. The van der Waals surface area contributed by atoms with Gasteiger partial charge in [0.15, 0.2) is 5.69 Å². The second kappa shape index (κ2) is 8.47. The van der Waals surface area contributed by atoms with Crippen LogP contribution in [0.1, 0.15) is 50.4 Å². The molecule has 1 aliphatic heterocycles. The Morgan fingerprint density at radius 1 is 1.18 bits per heavy atom. The third-order valence-electron chi connectivity index (χ3n) is 7.15. The van der Waals surface area contributed by atoms with Crippen molar-refractivity contribution in [3.63, 3.8) is 0 Å². The number of likely N-dealkylation sites (tertiary alicyclic amines) is 1. The normalized spacial score (nSPS) is 24.3. The summed E-state index contributed by atoms with van der Waals surface area (Å²) in [4.78, 5) is 15.0. The molecule has 1 aromatic heterocycles. The van der Waals surface area contributed by atoms with Crippen LogP contribution < -0.4 is 0 Å². The van der Waals surface area contributed by atoms with Gasteiger partial charge in [-0.1, -0.05) is 48.3 Å². The maximum absolute atomic E-state index is 12.5. The Morgan fingerprint density at radius 3 is 2.65 bits per heavy atom. The second-order valence-corrected chi connectivity index (χ2v) is 12.2. The van der Waals surface area contributed by atoms with Gasteiger partial charge in [-0.15, -0.1) is 10.2 Å². The number of amides is 1. The summed E-state index contributed by atoms with van der Waals surface area (Å²) in [5.74, 6) is -0.470. The molecule has 1 saturated carbocycles. The predicted octanol–water partition coefficient (Wildman–Crippen LogP) is 7.55. The van der Waals surface area contributed by atoms with E-state index in [-0.39, 0.29) is 5.88 Å². The molecular formula is C26H28BrClN4O2. The van der Waals surface area contributed by atoms with Crippen molar-refractivity contribution in [1.29, 1.82) is 0 Å².